The van der Waals surface area contributed by atoms with Crippen LogP contribution < -0.4 is 0 Å². The van der Waals surface area contributed by atoms with E-state index in [1.165, 1.54) is 54.4 Å². The van der Waals surface area contributed by atoms with E-state index in [2.05, 4.69) is 27.7 Å². The molecule has 1 heterocycles. The van der Waals surface area contributed by atoms with Gasteiger partial charge in [0.1, 0.15) is 6.10 Å². The number of fused-ring (bicyclic) bond motifs is 7. The molecule has 33 heavy (non-hydrogen) atoms. The second-order valence-corrected chi connectivity index (χ2v) is 13.6. The number of ether oxygens (including phenoxy) is 1. The van der Waals surface area contributed by atoms with E-state index < -0.39 is 0 Å². The van der Waals surface area contributed by atoms with Crippen molar-refractivity contribution >= 4 is 22.7 Å². The first-order valence-electron chi connectivity index (χ1n) is 13.4. The molecule has 0 radical (unpaired) electrons. The zero-order valence-electron chi connectivity index (χ0n) is 21.2. The van der Waals surface area contributed by atoms with Crippen LogP contribution in [0.1, 0.15) is 92.4 Å². The topological polar surface area (TPSA) is 43.4 Å². The molecule has 0 amide bonds. The van der Waals surface area contributed by atoms with E-state index in [1.54, 1.807) is 6.92 Å². The normalized spacial score (nSPS) is 42.6. The number of thioether (sulfide) groups is 1. The number of hydrogen-bond donors (Lipinski definition) is 0. The largest absolute Gasteiger partial charge is 0.494 e. The second-order valence-electron chi connectivity index (χ2n) is 12.4. The van der Waals surface area contributed by atoms with Gasteiger partial charge in [-0.2, -0.15) is 0 Å². The van der Waals surface area contributed by atoms with E-state index in [0.29, 0.717) is 29.1 Å². The maximum atomic E-state index is 12.1. The molecule has 0 spiro atoms. The highest BCUT2D eigenvalue weighted by Crippen LogP contribution is 2.69. The molecule has 4 aliphatic carbocycles. The number of hydrogen-bond acceptors (Lipinski definition) is 4. The number of rotatable bonds is 5. The Labute approximate surface area is 204 Å². The van der Waals surface area contributed by atoms with Crippen molar-refractivity contribution in [3.05, 3.63) is 23.0 Å². The van der Waals surface area contributed by atoms with Crippen LogP contribution in [0.15, 0.2) is 23.0 Å². The standard InChI is InChI=1S/C29H42O3S/c1-17(16-33-19(3)30)6-9-25-18(2)27-26(32-25)15-24-22-8-7-20-14-21(31)10-12-28(20,4)23(22)11-13-29(24,27)5/h14,17,22-24,26-27H,6-13,15-16H2,1-5H3/t17?,22-,23+,24+,26+,27+,28+,29+/m1/s1. The van der Waals surface area contributed by atoms with Crippen molar-refractivity contribution in [2.24, 2.45) is 40.4 Å². The van der Waals surface area contributed by atoms with E-state index in [-0.39, 0.29) is 10.5 Å². The summed E-state index contributed by atoms with van der Waals surface area (Å²) in [6.45, 7) is 11.3. The molecular formula is C29H42O3S. The third-order valence-electron chi connectivity index (χ3n) is 10.6. The first kappa shape index (κ1) is 23.7. The van der Waals surface area contributed by atoms with Gasteiger partial charge in [0.2, 0.25) is 0 Å². The molecule has 182 valence electrons. The lowest BCUT2D eigenvalue weighted by Gasteiger charge is -2.58. The fraction of sp³-hybridized carbons (Fsp3) is 0.793. The lowest BCUT2D eigenvalue weighted by atomic mass is 9.46. The van der Waals surface area contributed by atoms with Gasteiger partial charge < -0.3 is 4.74 Å². The first-order valence-corrected chi connectivity index (χ1v) is 14.4. The van der Waals surface area contributed by atoms with Crippen LogP contribution in [-0.2, 0) is 14.3 Å². The van der Waals surface area contributed by atoms with Gasteiger partial charge in [0, 0.05) is 31.4 Å². The van der Waals surface area contributed by atoms with Gasteiger partial charge in [-0.05, 0) is 98.0 Å². The van der Waals surface area contributed by atoms with Gasteiger partial charge in [-0.1, -0.05) is 38.1 Å². The zero-order chi connectivity index (χ0) is 23.5. The minimum absolute atomic E-state index is 0.220. The van der Waals surface area contributed by atoms with Crippen LogP contribution in [0, 0.1) is 40.4 Å². The quantitative estimate of drug-likeness (QED) is 0.429. The van der Waals surface area contributed by atoms with Crippen LogP contribution in [0.2, 0.25) is 0 Å². The molecule has 0 aromatic carbocycles. The third kappa shape index (κ3) is 3.87. The van der Waals surface area contributed by atoms with E-state index in [9.17, 15) is 9.59 Å². The molecule has 0 saturated heterocycles. The van der Waals surface area contributed by atoms with E-state index in [0.717, 1.165) is 55.6 Å². The molecule has 4 heteroatoms. The Morgan fingerprint density at radius 2 is 2.00 bits per heavy atom. The smallest absolute Gasteiger partial charge is 0.185 e. The van der Waals surface area contributed by atoms with Crippen LogP contribution in [0.4, 0.5) is 0 Å². The van der Waals surface area contributed by atoms with Crippen LogP contribution in [0.25, 0.3) is 0 Å². The van der Waals surface area contributed by atoms with Gasteiger partial charge >= 0.3 is 0 Å². The summed E-state index contributed by atoms with van der Waals surface area (Å²) in [7, 11) is 0. The molecule has 1 unspecified atom stereocenters. The second kappa shape index (κ2) is 8.57. The molecule has 8 atom stereocenters. The maximum Gasteiger partial charge on any atom is 0.185 e. The summed E-state index contributed by atoms with van der Waals surface area (Å²) in [5.41, 5.74) is 3.60. The summed E-state index contributed by atoms with van der Waals surface area (Å²) in [4.78, 5) is 23.4. The van der Waals surface area contributed by atoms with Crippen LogP contribution in [0.5, 0.6) is 0 Å². The van der Waals surface area contributed by atoms with Crippen molar-refractivity contribution in [3.8, 4) is 0 Å². The Morgan fingerprint density at radius 3 is 2.76 bits per heavy atom. The van der Waals surface area contributed by atoms with Gasteiger partial charge in [0.15, 0.2) is 10.9 Å². The van der Waals surface area contributed by atoms with Gasteiger partial charge in [-0.3, -0.25) is 9.59 Å². The van der Waals surface area contributed by atoms with Crippen molar-refractivity contribution in [1.82, 2.24) is 0 Å². The summed E-state index contributed by atoms with van der Waals surface area (Å²) in [5.74, 6) is 5.93. The summed E-state index contributed by atoms with van der Waals surface area (Å²) in [5, 5.41) is 0.220. The van der Waals surface area contributed by atoms with E-state index >= 15 is 0 Å². The molecular weight excluding hydrogens is 428 g/mol. The predicted octanol–water partition coefficient (Wildman–Crippen LogP) is 7.11. The Morgan fingerprint density at radius 1 is 1.21 bits per heavy atom. The fourth-order valence-electron chi connectivity index (χ4n) is 8.86. The Bertz CT molecular complexity index is 903. The van der Waals surface area contributed by atoms with Gasteiger partial charge in [-0.15, -0.1) is 0 Å². The number of ketones is 1. The Balaban J connectivity index is 1.31. The molecule has 5 rings (SSSR count). The monoisotopic (exact) mass is 470 g/mol. The number of carbonyl (C=O) groups excluding carboxylic acids is 2. The highest BCUT2D eigenvalue weighted by atomic mass is 32.2. The molecule has 3 nitrogen and oxygen atoms in total. The summed E-state index contributed by atoms with van der Waals surface area (Å²) < 4.78 is 6.71. The van der Waals surface area contributed by atoms with Gasteiger partial charge in [0.25, 0.3) is 0 Å². The van der Waals surface area contributed by atoms with Crippen molar-refractivity contribution < 1.29 is 14.3 Å². The highest BCUT2D eigenvalue weighted by molar-refractivity contribution is 8.13. The van der Waals surface area contributed by atoms with Gasteiger partial charge in [0.05, 0.1) is 5.76 Å². The van der Waals surface area contributed by atoms with Crippen LogP contribution in [-0.4, -0.2) is 22.8 Å². The molecule has 0 aromatic heterocycles. The van der Waals surface area contributed by atoms with E-state index in [1.807, 2.05) is 6.08 Å². The summed E-state index contributed by atoms with van der Waals surface area (Å²) in [6, 6.07) is 0. The lowest BCUT2D eigenvalue weighted by Crippen LogP contribution is -2.50. The molecule has 3 fully saturated rings. The van der Waals surface area contributed by atoms with Gasteiger partial charge in [-0.25, -0.2) is 0 Å². The van der Waals surface area contributed by atoms with Crippen molar-refractivity contribution in [3.63, 3.8) is 0 Å². The number of carbonyl (C=O) groups is 2. The Kier molecular flexibility index (Phi) is 6.16. The van der Waals surface area contributed by atoms with Crippen molar-refractivity contribution in [2.75, 3.05) is 5.75 Å². The first-order chi connectivity index (χ1) is 15.6. The average Bonchev–Trinajstić information content (AvgIpc) is 3.24. The SMILES string of the molecule is CC(=O)SCC(C)CCC1=C(C)[C@H]2[C@H](C[C@H]3[C@@H]4CCC5=CC(=O)CC[C@]5(C)[C@H]4CC[C@@]32C)O1. The molecule has 1 aliphatic heterocycles. The summed E-state index contributed by atoms with van der Waals surface area (Å²) in [6.07, 6.45) is 12.5. The summed E-state index contributed by atoms with van der Waals surface area (Å²) >= 11 is 1.45. The minimum Gasteiger partial charge on any atom is -0.494 e. The maximum absolute atomic E-state index is 12.1. The van der Waals surface area contributed by atoms with Crippen molar-refractivity contribution in [1.29, 1.82) is 0 Å². The lowest BCUT2D eigenvalue weighted by molar-refractivity contribution is -0.117. The fourth-order valence-corrected chi connectivity index (χ4v) is 9.55. The zero-order valence-corrected chi connectivity index (χ0v) is 22.1. The van der Waals surface area contributed by atoms with Crippen LogP contribution >= 0.6 is 11.8 Å². The predicted molar refractivity (Wildman–Crippen MR) is 135 cm³/mol. The molecule has 3 saturated carbocycles. The Hall–Kier alpha value is -1.03. The average molecular weight is 471 g/mol. The molecule has 0 bridgehead atoms. The van der Waals surface area contributed by atoms with E-state index in [4.69, 9.17) is 4.74 Å². The minimum atomic E-state index is 0.220. The molecule has 0 N–H and O–H groups in total. The highest BCUT2D eigenvalue weighted by Gasteiger charge is 2.63. The molecule has 0 aromatic rings. The third-order valence-corrected chi connectivity index (χ3v) is 11.7. The van der Waals surface area contributed by atoms with Crippen molar-refractivity contribution in [2.45, 2.75) is 98.5 Å². The molecule has 5 aliphatic rings. The van der Waals surface area contributed by atoms with Crippen LogP contribution in [0.3, 0.4) is 0 Å². The number of allylic oxidation sites excluding steroid dienone is 2.